The van der Waals surface area contributed by atoms with Crippen molar-refractivity contribution in [3.05, 3.63) is 71.3 Å². The number of nitrogens with one attached hydrogen (secondary N) is 1. The lowest BCUT2D eigenvalue weighted by Gasteiger charge is -2.20. The van der Waals surface area contributed by atoms with E-state index < -0.39 is 6.09 Å². The third kappa shape index (κ3) is 3.67. The molecule has 0 radical (unpaired) electrons. The van der Waals surface area contributed by atoms with Gasteiger partial charge < -0.3 is 10.8 Å². The van der Waals surface area contributed by atoms with E-state index in [1.54, 1.807) is 24.3 Å². The molecule has 21 heavy (non-hydrogen) atoms. The van der Waals surface area contributed by atoms with Gasteiger partial charge in [0, 0.05) is 12.1 Å². The van der Waals surface area contributed by atoms with Gasteiger partial charge in [-0.15, -0.1) is 0 Å². The van der Waals surface area contributed by atoms with Crippen LogP contribution in [0.3, 0.4) is 0 Å². The maximum absolute atomic E-state index is 11.4. The molecule has 0 fully saturated rings. The molecule has 4 N–H and O–H groups in total. The van der Waals surface area contributed by atoms with Crippen molar-refractivity contribution >= 4 is 11.9 Å². The van der Waals surface area contributed by atoms with Crippen LogP contribution in [0.4, 0.5) is 4.79 Å². The van der Waals surface area contributed by atoms with Crippen molar-refractivity contribution in [2.45, 2.75) is 13.1 Å². The summed E-state index contributed by atoms with van der Waals surface area (Å²) in [6.07, 6.45) is -1.15. The fourth-order valence-corrected chi connectivity index (χ4v) is 1.96. The van der Waals surface area contributed by atoms with Gasteiger partial charge in [0.05, 0.1) is 6.54 Å². The number of benzene rings is 2. The summed E-state index contributed by atoms with van der Waals surface area (Å²) in [7, 11) is 0. The van der Waals surface area contributed by atoms with Crippen LogP contribution in [0, 0.1) is 5.41 Å². The lowest BCUT2D eigenvalue weighted by atomic mass is 10.1. The maximum Gasteiger partial charge on any atom is 0.413 e. The van der Waals surface area contributed by atoms with Crippen molar-refractivity contribution in [2.75, 3.05) is 0 Å². The molecule has 0 atom stereocenters. The Hall–Kier alpha value is -2.66. The molecule has 108 valence electrons. The summed E-state index contributed by atoms with van der Waals surface area (Å²) in [5.41, 5.74) is 7.85. The molecule has 2 aromatic carbocycles. The number of nitrogens with zero attached hydrogens (tertiary/aromatic N) is 1. The third-order valence-electron chi connectivity index (χ3n) is 3.15. The Kier molecular flexibility index (Phi) is 4.68. The quantitative estimate of drug-likeness (QED) is 0.595. The van der Waals surface area contributed by atoms with E-state index in [-0.39, 0.29) is 12.4 Å². The lowest BCUT2D eigenvalue weighted by Crippen LogP contribution is -2.35. The smallest absolute Gasteiger partial charge is 0.413 e. The normalized spacial score (nSPS) is 10.1. The van der Waals surface area contributed by atoms with Gasteiger partial charge in [0.1, 0.15) is 5.84 Å². The Morgan fingerprint density at radius 3 is 2.19 bits per heavy atom. The Bertz CT molecular complexity index is 624. The molecule has 0 aliphatic rings. The van der Waals surface area contributed by atoms with Crippen molar-refractivity contribution in [1.82, 2.24) is 4.90 Å². The van der Waals surface area contributed by atoms with E-state index in [2.05, 4.69) is 0 Å². The highest BCUT2D eigenvalue weighted by molar-refractivity contribution is 6.04. The molecule has 2 rings (SSSR count). The van der Waals surface area contributed by atoms with Gasteiger partial charge in [-0.05, 0) is 11.1 Å². The number of rotatable bonds is 4. The zero-order valence-corrected chi connectivity index (χ0v) is 11.5. The molecule has 0 unspecified atom stereocenters. The van der Waals surface area contributed by atoms with Gasteiger partial charge in [0.2, 0.25) is 0 Å². The fraction of sp³-hybridized carbons (Fsp3) is 0.125. The van der Waals surface area contributed by atoms with Gasteiger partial charge in [-0.1, -0.05) is 54.6 Å². The molecule has 2 aromatic rings. The van der Waals surface area contributed by atoms with Crippen LogP contribution in [0.15, 0.2) is 54.6 Å². The molecular weight excluding hydrogens is 266 g/mol. The number of carbonyl (C=O) groups is 1. The van der Waals surface area contributed by atoms with Crippen LogP contribution < -0.4 is 5.73 Å². The van der Waals surface area contributed by atoms with Crippen LogP contribution in [0.1, 0.15) is 16.7 Å². The minimum absolute atomic E-state index is 0.0464. The van der Waals surface area contributed by atoms with Crippen LogP contribution >= 0.6 is 0 Å². The van der Waals surface area contributed by atoms with E-state index >= 15 is 0 Å². The first-order valence-corrected chi connectivity index (χ1v) is 6.54. The first kappa shape index (κ1) is 14.7. The van der Waals surface area contributed by atoms with E-state index in [9.17, 15) is 9.90 Å². The fourth-order valence-electron chi connectivity index (χ4n) is 1.96. The van der Waals surface area contributed by atoms with E-state index in [1.807, 2.05) is 30.3 Å². The maximum atomic E-state index is 11.4. The second kappa shape index (κ2) is 6.67. The Labute approximate surface area is 123 Å². The molecule has 0 aliphatic heterocycles. The van der Waals surface area contributed by atoms with Gasteiger partial charge in [0.25, 0.3) is 0 Å². The number of carboxylic acid groups (broad SMARTS) is 1. The molecule has 5 nitrogen and oxygen atoms in total. The third-order valence-corrected chi connectivity index (χ3v) is 3.15. The molecule has 0 bridgehead atoms. The summed E-state index contributed by atoms with van der Waals surface area (Å²) in [6, 6.07) is 16.2. The van der Waals surface area contributed by atoms with Crippen molar-refractivity contribution in [1.29, 1.82) is 5.41 Å². The molecule has 0 saturated heterocycles. The number of amidine groups is 1. The van der Waals surface area contributed by atoms with Gasteiger partial charge >= 0.3 is 6.09 Å². The minimum Gasteiger partial charge on any atom is -0.465 e. The number of hydrogen-bond acceptors (Lipinski definition) is 3. The van der Waals surface area contributed by atoms with Gasteiger partial charge in [-0.25, -0.2) is 4.79 Å². The minimum atomic E-state index is -1.15. The van der Waals surface area contributed by atoms with Crippen molar-refractivity contribution in [2.24, 2.45) is 5.73 Å². The average molecular weight is 283 g/mol. The summed E-state index contributed by atoms with van der Waals surface area (Å²) in [6.45, 7) is 0.563. The van der Waals surface area contributed by atoms with Gasteiger partial charge in [-0.2, -0.15) is 0 Å². The van der Waals surface area contributed by atoms with Gasteiger partial charge in [0.15, 0.2) is 0 Å². The van der Waals surface area contributed by atoms with Gasteiger partial charge in [-0.3, -0.25) is 10.3 Å². The van der Waals surface area contributed by atoms with E-state index in [0.717, 1.165) is 16.0 Å². The summed E-state index contributed by atoms with van der Waals surface area (Å²) in [5.74, 6) is -0.0464. The zero-order valence-electron chi connectivity index (χ0n) is 11.5. The molecule has 0 saturated carbocycles. The molecule has 0 spiro atoms. The van der Waals surface area contributed by atoms with Crippen LogP contribution in [-0.2, 0) is 13.1 Å². The first-order valence-electron chi connectivity index (χ1n) is 6.54. The molecule has 0 aliphatic carbocycles. The van der Waals surface area contributed by atoms with Crippen LogP contribution in [-0.4, -0.2) is 21.9 Å². The second-order valence-corrected chi connectivity index (χ2v) is 4.60. The number of nitrogens with two attached hydrogens (primary N) is 1. The molecule has 0 heterocycles. The molecule has 1 amide bonds. The summed E-state index contributed by atoms with van der Waals surface area (Å²) in [4.78, 5) is 12.4. The molecule has 5 heteroatoms. The monoisotopic (exact) mass is 283 g/mol. The highest BCUT2D eigenvalue weighted by Gasteiger charge is 2.19. The Balaban J connectivity index is 2.21. The van der Waals surface area contributed by atoms with Crippen LogP contribution in [0.25, 0.3) is 0 Å². The predicted octanol–water partition coefficient (Wildman–Crippen LogP) is 2.65. The standard InChI is InChI=1S/C16H17N3O2/c17-10-12-6-8-14(9-7-12)15(18)19(16(20)21)11-13-4-2-1-3-5-13/h1-9,18H,10-11,17H2,(H,20,21). The Morgan fingerprint density at radius 2 is 1.67 bits per heavy atom. The predicted molar refractivity (Wildman–Crippen MR) is 81.2 cm³/mol. The van der Waals surface area contributed by atoms with Crippen LogP contribution in [0.2, 0.25) is 0 Å². The number of amides is 1. The summed E-state index contributed by atoms with van der Waals surface area (Å²) >= 11 is 0. The largest absolute Gasteiger partial charge is 0.465 e. The SMILES string of the molecule is N=C(c1ccc(CN)cc1)N(Cc1ccccc1)C(=O)O. The van der Waals surface area contributed by atoms with E-state index in [1.165, 1.54) is 0 Å². The molecule has 0 aromatic heterocycles. The van der Waals surface area contributed by atoms with E-state index in [0.29, 0.717) is 12.1 Å². The van der Waals surface area contributed by atoms with Crippen molar-refractivity contribution in [3.63, 3.8) is 0 Å². The number of hydrogen-bond donors (Lipinski definition) is 3. The summed E-state index contributed by atoms with van der Waals surface area (Å²) < 4.78 is 0. The lowest BCUT2D eigenvalue weighted by molar-refractivity contribution is 0.167. The van der Waals surface area contributed by atoms with Crippen molar-refractivity contribution < 1.29 is 9.90 Å². The van der Waals surface area contributed by atoms with E-state index in [4.69, 9.17) is 11.1 Å². The average Bonchev–Trinajstić information content (AvgIpc) is 2.53. The highest BCUT2D eigenvalue weighted by atomic mass is 16.4. The van der Waals surface area contributed by atoms with Crippen molar-refractivity contribution in [3.8, 4) is 0 Å². The Morgan fingerprint density at radius 1 is 1.05 bits per heavy atom. The topological polar surface area (TPSA) is 90.4 Å². The zero-order chi connectivity index (χ0) is 15.2. The first-order chi connectivity index (χ1) is 10.1. The second-order valence-electron chi connectivity index (χ2n) is 4.60. The highest BCUT2D eigenvalue weighted by Crippen LogP contribution is 2.11. The molecular formula is C16H17N3O2. The summed E-state index contributed by atoms with van der Waals surface area (Å²) in [5, 5.41) is 17.4. The van der Waals surface area contributed by atoms with Crippen LogP contribution in [0.5, 0.6) is 0 Å².